The molecule has 1 unspecified atom stereocenters. The molecule has 0 aromatic heterocycles. The summed E-state index contributed by atoms with van der Waals surface area (Å²) in [6.45, 7) is 6.79. The molecule has 2 aromatic rings. The Morgan fingerprint density at radius 2 is 1.73 bits per heavy atom. The van der Waals surface area contributed by atoms with Gasteiger partial charge in [-0.2, -0.15) is 0 Å². The zero-order chi connectivity index (χ0) is 19.3. The molecule has 2 aromatic carbocycles. The third-order valence-corrected chi connectivity index (χ3v) is 3.50. The number of ether oxygens (including phenoxy) is 2. The van der Waals surface area contributed by atoms with E-state index in [4.69, 9.17) is 9.47 Å². The van der Waals surface area contributed by atoms with Crippen LogP contribution in [0.3, 0.4) is 0 Å². The first-order valence-electron chi connectivity index (χ1n) is 7.94. The maximum atomic E-state index is 12.4. The van der Waals surface area contributed by atoms with Crippen LogP contribution in [0.1, 0.15) is 29.8 Å². The van der Waals surface area contributed by atoms with Crippen LogP contribution in [0.25, 0.3) is 0 Å². The van der Waals surface area contributed by atoms with Crippen molar-refractivity contribution in [1.29, 1.82) is 0 Å². The second-order valence-corrected chi connectivity index (χ2v) is 5.83. The molecule has 0 amide bonds. The lowest BCUT2D eigenvalue weighted by atomic mass is 10.0. The highest BCUT2D eigenvalue weighted by Gasteiger charge is 2.17. The van der Waals surface area contributed by atoms with Crippen molar-refractivity contribution in [3.63, 3.8) is 0 Å². The molecule has 0 fully saturated rings. The predicted molar refractivity (Wildman–Crippen MR) is 95.5 cm³/mol. The third-order valence-electron chi connectivity index (χ3n) is 3.50. The molecule has 0 spiro atoms. The smallest absolute Gasteiger partial charge is 0.333 e. The summed E-state index contributed by atoms with van der Waals surface area (Å²) < 4.78 is 10.6. The van der Waals surface area contributed by atoms with Crippen molar-refractivity contribution in [2.24, 2.45) is 0 Å². The molecule has 0 radical (unpaired) electrons. The van der Waals surface area contributed by atoms with Crippen molar-refractivity contribution in [2.45, 2.75) is 20.0 Å². The largest absolute Gasteiger partial charge is 0.507 e. The number of hydrogen-bond acceptors (Lipinski definition) is 6. The van der Waals surface area contributed by atoms with E-state index >= 15 is 0 Å². The van der Waals surface area contributed by atoms with Crippen LogP contribution in [0.15, 0.2) is 54.6 Å². The molecule has 2 N–H and O–H groups in total. The van der Waals surface area contributed by atoms with Gasteiger partial charge in [0.25, 0.3) is 0 Å². The van der Waals surface area contributed by atoms with Gasteiger partial charge in [0.05, 0.1) is 11.1 Å². The fourth-order valence-electron chi connectivity index (χ4n) is 2.13. The number of phenols is 2. The highest BCUT2D eigenvalue weighted by molar-refractivity contribution is 6.12. The van der Waals surface area contributed by atoms with Gasteiger partial charge in [-0.25, -0.2) is 4.79 Å². The van der Waals surface area contributed by atoms with Gasteiger partial charge in [-0.3, -0.25) is 4.79 Å². The molecule has 26 heavy (non-hydrogen) atoms. The first-order valence-corrected chi connectivity index (χ1v) is 7.94. The van der Waals surface area contributed by atoms with Crippen molar-refractivity contribution < 1.29 is 29.3 Å². The Labute approximate surface area is 151 Å². The number of rotatable bonds is 7. The lowest BCUT2D eigenvalue weighted by molar-refractivity contribution is -0.144. The highest BCUT2D eigenvalue weighted by Crippen LogP contribution is 2.28. The van der Waals surface area contributed by atoms with Gasteiger partial charge in [-0.05, 0) is 38.1 Å². The van der Waals surface area contributed by atoms with E-state index in [0.29, 0.717) is 11.3 Å². The van der Waals surface area contributed by atoms with Crippen LogP contribution in [-0.2, 0) is 9.53 Å². The second kappa shape index (κ2) is 8.20. The predicted octanol–water partition coefficient (Wildman–Crippen LogP) is 3.22. The first-order chi connectivity index (χ1) is 12.3. The zero-order valence-electron chi connectivity index (χ0n) is 14.6. The molecule has 0 heterocycles. The van der Waals surface area contributed by atoms with Crippen molar-refractivity contribution >= 4 is 11.8 Å². The monoisotopic (exact) mass is 356 g/mol. The summed E-state index contributed by atoms with van der Waals surface area (Å²) in [5.74, 6) is -1.13. The van der Waals surface area contributed by atoms with E-state index in [1.807, 2.05) is 0 Å². The third kappa shape index (κ3) is 4.63. The Kier molecular flexibility index (Phi) is 6.01. The summed E-state index contributed by atoms with van der Waals surface area (Å²) in [6, 6.07) is 10.3. The Morgan fingerprint density at radius 1 is 1.08 bits per heavy atom. The van der Waals surface area contributed by atoms with Crippen LogP contribution in [0, 0.1) is 0 Å². The van der Waals surface area contributed by atoms with E-state index in [2.05, 4.69) is 6.58 Å². The lowest BCUT2D eigenvalue weighted by Crippen LogP contribution is -2.22. The highest BCUT2D eigenvalue weighted by atomic mass is 16.6. The fourth-order valence-corrected chi connectivity index (χ4v) is 2.13. The zero-order valence-corrected chi connectivity index (χ0v) is 14.6. The van der Waals surface area contributed by atoms with Crippen molar-refractivity contribution in [3.8, 4) is 17.2 Å². The number of ketones is 1. The quantitative estimate of drug-likeness (QED) is 0.449. The van der Waals surface area contributed by atoms with E-state index in [1.165, 1.54) is 30.3 Å². The van der Waals surface area contributed by atoms with E-state index in [1.54, 1.807) is 26.0 Å². The maximum Gasteiger partial charge on any atom is 0.333 e. The molecule has 2 rings (SSSR count). The Hall–Kier alpha value is -3.28. The molecular weight excluding hydrogens is 336 g/mol. The summed E-state index contributed by atoms with van der Waals surface area (Å²) >= 11 is 0. The van der Waals surface area contributed by atoms with Crippen LogP contribution < -0.4 is 4.74 Å². The number of aromatic hydroxyl groups is 2. The normalized spacial score (nSPS) is 11.5. The molecule has 0 saturated carbocycles. The molecule has 0 saturated heterocycles. The topological polar surface area (TPSA) is 93.1 Å². The number of phenolic OH excluding ortho intramolecular Hbond substituents is 2. The molecule has 6 heteroatoms. The number of para-hydroxylation sites is 1. The van der Waals surface area contributed by atoms with Gasteiger partial charge >= 0.3 is 5.97 Å². The molecule has 0 aliphatic heterocycles. The number of benzene rings is 2. The summed E-state index contributed by atoms with van der Waals surface area (Å²) in [4.78, 5) is 23.8. The molecule has 0 aliphatic carbocycles. The summed E-state index contributed by atoms with van der Waals surface area (Å²) in [6.07, 6.45) is -0.510. The Morgan fingerprint density at radius 3 is 2.35 bits per heavy atom. The van der Waals surface area contributed by atoms with Crippen molar-refractivity contribution in [2.75, 3.05) is 6.61 Å². The number of esters is 1. The minimum Gasteiger partial charge on any atom is -0.507 e. The van der Waals surface area contributed by atoms with E-state index in [0.717, 1.165) is 0 Å². The minimum absolute atomic E-state index is 0.0422. The Balaban J connectivity index is 2.05. The first kappa shape index (κ1) is 19.1. The van der Waals surface area contributed by atoms with Gasteiger partial charge in [0, 0.05) is 11.6 Å². The molecular formula is C20H20O6. The number of hydrogen-bond donors (Lipinski definition) is 2. The van der Waals surface area contributed by atoms with Gasteiger partial charge in [0.15, 0.2) is 5.78 Å². The van der Waals surface area contributed by atoms with Crippen LogP contribution in [-0.4, -0.2) is 34.7 Å². The second-order valence-electron chi connectivity index (χ2n) is 5.83. The summed E-state index contributed by atoms with van der Waals surface area (Å²) in [5.41, 5.74) is 0.430. The standard InChI is InChI=1S/C20H20O6/c1-12(2)20(24)26-13(3)11-25-14-8-9-16(18(22)10-14)19(23)15-6-4-5-7-17(15)21/h4-10,13,21-22H,1,11H2,2-3H3. The SMILES string of the molecule is C=C(C)C(=O)OC(C)COc1ccc(C(=O)c2ccccc2O)c(O)c1. The maximum absolute atomic E-state index is 12.4. The van der Waals surface area contributed by atoms with E-state index < -0.39 is 17.9 Å². The van der Waals surface area contributed by atoms with Crippen LogP contribution in [0.5, 0.6) is 17.2 Å². The van der Waals surface area contributed by atoms with E-state index in [9.17, 15) is 19.8 Å². The van der Waals surface area contributed by atoms with Gasteiger partial charge < -0.3 is 19.7 Å². The van der Waals surface area contributed by atoms with Gasteiger partial charge in [-0.15, -0.1) is 0 Å². The fraction of sp³-hybridized carbons (Fsp3) is 0.200. The van der Waals surface area contributed by atoms with Crippen LogP contribution >= 0.6 is 0 Å². The molecule has 6 nitrogen and oxygen atoms in total. The van der Waals surface area contributed by atoms with Crippen LogP contribution in [0.4, 0.5) is 0 Å². The van der Waals surface area contributed by atoms with Crippen molar-refractivity contribution in [1.82, 2.24) is 0 Å². The average molecular weight is 356 g/mol. The minimum atomic E-state index is -0.510. The number of carbonyl (C=O) groups is 2. The van der Waals surface area contributed by atoms with E-state index in [-0.39, 0.29) is 29.2 Å². The van der Waals surface area contributed by atoms with Crippen LogP contribution in [0.2, 0.25) is 0 Å². The van der Waals surface area contributed by atoms with Gasteiger partial charge in [0.1, 0.15) is 30.0 Å². The summed E-state index contributed by atoms with van der Waals surface area (Å²) in [7, 11) is 0. The molecule has 0 aliphatic rings. The molecule has 0 bridgehead atoms. The van der Waals surface area contributed by atoms with Gasteiger partial charge in [-0.1, -0.05) is 18.7 Å². The lowest BCUT2D eigenvalue weighted by Gasteiger charge is -2.15. The van der Waals surface area contributed by atoms with Gasteiger partial charge in [0.2, 0.25) is 0 Å². The van der Waals surface area contributed by atoms with Crippen molar-refractivity contribution in [3.05, 3.63) is 65.7 Å². The Bertz CT molecular complexity index is 840. The average Bonchev–Trinajstić information content (AvgIpc) is 2.59. The number of carbonyl (C=O) groups excluding carboxylic acids is 2. The molecule has 1 atom stereocenters. The summed E-state index contributed by atoms with van der Waals surface area (Å²) in [5, 5.41) is 19.9. The molecule has 136 valence electrons.